The van der Waals surface area contributed by atoms with E-state index < -0.39 is 11.6 Å². The minimum Gasteiger partial charge on any atom is -0.378 e. The number of halogens is 4. The number of rotatable bonds is 0. The van der Waals surface area contributed by atoms with Crippen LogP contribution in [0.1, 0.15) is 231 Å². The number of hydrogen-bond donors (Lipinski definition) is 0. The molecule has 1 saturated carbocycles. The van der Waals surface area contributed by atoms with Crippen LogP contribution in [0.15, 0.2) is 146 Å². The van der Waals surface area contributed by atoms with Crippen LogP contribution in [0.2, 0.25) is 0 Å². The fraction of sp³-hybridized carbons (Fsp3) is 0.556. The zero-order chi connectivity index (χ0) is 87.2. The molecule has 14 rings (SSSR count). The van der Waals surface area contributed by atoms with Crippen molar-refractivity contribution < 1.29 is 50.7 Å². The van der Waals surface area contributed by atoms with Crippen LogP contribution in [0, 0.1) is 170 Å². The highest BCUT2D eigenvalue weighted by molar-refractivity contribution is 5.25. The largest absolute Gasteiger partial charge is 0.378 e. The van der Waals surface area contributed by atoms with E-state index in [1.165, 1.54) is 110 Å². The number of nitrogens with zero attached hydrogens (tertiary/aromatic N) is 6. The van der Waals surface area contributed by atoms with Gasteiger partial charge in [-0.25, -0.2) is 37.5 Å². The van der Waals surface area contributed by atoms with Crippen LogP contribution in [0.5, 0.6) is 0 Å². The highest BCUT2D eigenvalue weighted by Crippen LogP contribution is 2.27. The lowest BCUT2D eigenvalue weighted by Gasteiger charge is -2.24. The van der Waals surface area contributed by atoms with Crippen LogP contribution in [0.3, 0.4) is 0 Å². The van der Waals surface area contributed by atoms with E-state index in [1.807, 2.05) is 145 Å². The summed E-state index contributed by atoms with van der Waals surface area (Å²) in [6, 6.07) is 29.7. The second-order valence-corrected chi connectivity index (χ2v) is 32.7. The molecule has 4 aromatic carbocycles. The Morgan fingerprint density at radius 2 is 0.560 bits per heavy atom. The van der Waals surface area contributed by atoms with Gasteiger partial charge in [-0.2, -0.15) is 0 Å². The first-order chi connectivity index (χ1) is 54.7. The van der Waals surface area contributed by atoms with Crippen molar-refractivity contribution in [3.05, 3.63) is 259 Å². The number of aryl methyl sites for hydroxylation is 15. The van der Waals surface area contributed by atoms with Crippen molar-refractivity contribution in [1.82, 2.24) is 29.9 Å². The normalized spacial score (nSPS) is 21.3. The Labute approximate surface area is 700 Å². The average molecular weight is 1610 g/mol. The van der Waals surface area contributed by atoms with Gasteiger partial charge in [0.2, 0.25) is 0 Å². The molecule has 5 atom stereocenters. The third-order valence-corrected chi connectivity index (χ3v) is 18.9. The fourth-order valence-corrected chi connectivity index (χ4v) is 10.4. The highest BCUT2D eigenvalue weighted by Gasteiger charge is 2.17. The SMILES string of the molecule is CC1=CCC(C)OC1.CC1CCC(C)CC1.CC1CCC(C)OC1.CC1CCC(C)OC1.CC1COC(C)OC1.CC1COC(C)OC1.Cc1cc(F)c(C)c(F)c1.Cc1ccc(C)c(F)c1.Cc1ccc(C)c(F)c1.Cc1ccc(C)cc1.Cc1ccc(C)nc1.Cc1ccc(C)nc1.Cc1cnc(C)nc1.Cc1cnc(C)nc1. The van der Waals surface area contributed by atoms with E-state index in [9.17, 15) is 17.6 Å². The van der Waals surface area contributed by atoms with Gasteiger partial charge in [-0.15, -0.1) is 0 Å². The number of benzene rings is 4. The van der Waals surface area contributed by atoms with Gasteiger partial charge < -0.3 is 33.2 Å². The third-order valence-electron chi connectivity index (χ3n) is 18.9. The summed E-state index contributed by atoms with van der Waals surface area (Å²) in [6.07, 6.45) is 26.9. The van der Waals surface area contributed by atoms with Gasteiger partial charge in [0, 0.05) is 79.2 Å². The second-order valence-electron chi connectivity index (χ2n) is 32.7. The molecule has 1 aliphatic carbocycles. The Kier molecular flexibility index (Phi) is 56.7. The Hall–Kier alpha value is -7.48. The van der Waals surface area contributed by atoms with Gasteiger partial charge in [-0.3, -0.25) is 9.97 Å². The first-order valence-electron chi connectivity index (χ1n) is 41.8. The molecular formula is C99H150F4N6O7. The predicted octanol–water partition coefficient (Wildman–Crippen LogP) is 25.6. The average Bonchev–Trinajstić information content (AvgIpc) is 0.872. The van der Waals surface area contributed by atoms with Crippen molar-refractivity contribution in [2.24, 2.45) is 35.5 Å². The van der Waals surface area contributed by atoms with Crippen molar-refractivity contribution in [2.75, 3.05) is 46.2 Å². The van der Waals surface area contributed by atoms with Gasteiger partial charge in [0.1, 0.15) is 34.9 Å². The second kappa shape index (κ2) is 61.8. The summed E-state index contributed by atoms with van der Waals surface area (Å²) in [5.41, 5.74) is 14.9. The summed E-state index contributed by atoms with van der Waals surface area (Å²) in [5.74, 6) is 5.26. The van der Waals surface area contributed by atoms with Gasteiger partial charge >= 0.3 is 0 Å². The summed E-state index contributed by atoms with van der Waals surface area (Å²) in [6.45, 7) is 62.2. The van der Waals surface area contributed by atoms with E-state index in [-0.39, 0.29) is 29.8 Å². The number of ether oxygens (including phenoxy) is 7. The summed E-state index contributed by atoms with van der Waals surface area (Å²) >= 11 is 0. The molecule has 116 heavy (non-hydrogen) atoms. The van der Waals surface area contributed by atoms with Crippen LogP contribution >= 0.6 is 0 Å². The molecule has 0 N–H and O–H groups in total. The topological polar surface area (TPSA) is 142 Å². The van der Waals surface area contributed by atoms with Crippen molar-refractivity contribution in [3.63, 3.8) is 0 Å². The molecule has 4 saturated heterocycles. The van der Waals surface area contributed by atoms with Crippen LogP contribution < -0.4 is 0 Å². The third kappa shape index (κ3) is 56.8. The predicted molar refractivity (Wildman–Crippen MR) is 473 cm³/mol. The number of pyridine rings is 2. The quantitative estimate of drug-likeness (QED) is 0.105. The lowest BCUT2D eigenvalue weighted by atomic mass is 9.84. The molecular weight excluding hydrogens is 1460 g/mol. The minimum atomic E-state index is -0.475. The Bertz CT molecular complexity index is 3210. The summed E-state index contributed by atoms with van der Waals surface area (Å²) < 4.78 is 87.1. The molecule has 0 radical (unpaired) electrons. The van der Waals surface area contributed by atoms with Crippen LogP contribution in [0.4, 0.5) is 17.6 Å². The first-order valence-corrected chi connectivity index (χ1v) is 41.8. The minimum absolute atomic E-state index is 0.0196. The molecule has 17 heteroatoms. The van der Waals surface area contributed by atoms with E-state index >= 15 is 0 Å². The molecule has 0 spiro atoms. The Morgan fingerprint density at radius 1 is 0.267 bits per heavy atom. The summed E-state index contributed by atoms with van der Waals surface area (Å²) in [7, 11) is 0. The maximum atomic E-state index is 12.6. The number of hydrogen-bond acceptors (Lipinski definition) is 13. The van der Waals surface area contributed by atoms with Gasteiger partial charge in [0.25, 0.3) is 0 Å². The maximum absolute atomic E-state index is 12.6. The van der Waals surface area contributed by atoms with Gasteiger partial charge in [-0.1, -0.05) is 151 Å². The van der Waals surface area contributed by atoms with Crippen LogP contribution in [-0.4, -0.2) is 107 Å². The molecule has 5 aliphatic heterocycles. The smallest absolute Gasteiger partial charge is 0.154 e. The lowest BCUT2D eigenvalue weighted by molar-refractivity contribution is -0.187. The van der Waals surface area contributed by atoms with Gasteiger partial charge in [0.05, 0.1) is 51.3 Å². The van der Waals surface area contributed by atoms with Crippen molar-refractivity contribution in [3.8, 4) is 0 Å². The van der Waals surface area contributed by atoms with Crippen LogP contribution in [-0.2, 0) is 33.2 Å². The maximum Gasteiger partial charge on any atom is 0.154 e. The Balaban J connectivity index is 0.000000625. The molecule has 5 fully saturated rings. The lowest BCUT2D eigenvalue weighted by Crippen LogP contribution is -2.27. The van der Waals surface area contributed by atoms with E-state index in [0.717, 1.165) is 122 Å². The van der Waals surface area contributed by atoms with Gasteiger partial charge in [-0.05, 0) is 295 Å². The molecule has 5 unspecified atom stereocenters. The molecule has 6 aliphatic rings. The summed E-state index contributed by atoms with van der Waals surface area (Å²) in [5, 5.41) is 0. The monoisotopic (exact) mass is 1610 g/mol. The van der Waals surface area contributed by atoms with E-state index in [2.05, 4.69) is 155 Å². The van der Waals surface area contributed by atoms with Gasteiger partial charge in [0.15, 0.2) is 12.6 Å². The summed E-state index contributed by atoms with van der Waals surface area (Å²) in [4.78, 5) is 24.0. The number of aromatic nitrogens is 6. The molecule has 646 valence electrons. The van der Waals surface area contributed by atoms with Crippen molar-refractivity contribution in [1.29, 1.82) is 0 Å². The Morgan fingerprint density at radius 3 is 0.793 bits per heavy atom. The van der Waals surface area contributed by atoms with E-state index in [1.54, 1.807) is 32.9 Å². The standard InChI is InChI=1S/C8H8F2.2C8H9F.C8H16.C8H10.2C7H9N.2C7H14O.C7H12O.2C6H8N2.2C6H12O2/c1-5-3-7(9)6(2)8(10)4-5;2*1-6-3-4-7(2)8(9)5-6;2*1-7-3-5-8(2)6-4-7;5*1-6-3-4-7(2)8-5-6;4*1-5-3-7-6(2)8-4-5/h3-4H,1-2H3;2*3-5H,1-2H3;7-8H,3-6H2,1-2H3;3-6H,1-2H3;2*3-5H,1-2H3;2*6-7H,3-5H2,1-2H3;3,7H,4-5H2,1-2H3;2*3-4H,1-2H3;2*5-6H,3-4H2,1-2H3. The van der Waals surface area contributed by atoms with E-state index in [0.29, 0.717) is 46.8 Å². The highest BCUT2D eigenvalue weighted by atomic mass is 19.1. The first kappa shape index (κ1) is 107. The van der Waals surface area contributed by atoms with Crippen LogP contribution in [0.25, 0.3) is 0 Å². The van der Waals surface area contributed by atoms with Crippen molar-refractivity contribution in [2.45, 2.75) is 283 Å². The molecule has 0 amide bonds. The molecule has 4 aromatic heterocycles. The fourth-order valence-electron chi connectivity index (χ4n) is 10.4. The zero-order valence-electron chi connectivity index (χ0n) is 76.5. The molecule has 0 bridgehead atoms. The molecule has 9 heterocycles. The molecule has 13 nitrogen and oxygen atoms in total. The molecule has 8 aromatic rings. The van der Waals surface area contributed by atoms with Crippen molar-refractivity contribution >= 4 is 0 Å². The zero-order valence-corrected chi connectivity index (χ0v) is 76.5. The van der Waals surface area contributed by atoms with E-state index in [4.69, 9.17) is 33.2 Å².